The number of hydrogen-bond donors (Lipinski definition) is 1. The SMILES string of the molecule is CC(C)(C)[C@]12CN(C(=O)O)C[C@H]1N(c1cnc(Br)c(C#N)c1)C2. The van der Waals surface area contributed by atoms with Crippen molar-refractivity contribution in [1.29, 1.82) is 5.26 Å². The Morgan fingerprint density at radius 3 is 2.78 bits per heavy atom. The Bertz CT molecular complexity index is 709. The number of halogens is 1. The summed E-state index contributed by atoms with van der Waals surface area (Å²) in [5.74, 6) is 0. The van der Waals surface area contributed by atoms with Crippen molar-refractivity contribution in [3.8, 4) is 6.07 Å². The van der Waals surface area contributed by atoms with Crippen LogP contribution in [0.15, 0.2) is 16.9 Å². The highest BCUT2D eigenvalue weighted by molar-refractivity contribution is 9.10. The molecule has 0 aromatic carbocycles. The van der Waals surface area contributed by atoms with Gasteiger partial charge >= 0.3 is 6.09 Å². The zero-order valence-corrected chi connectivity index (χ0v) is 15.0. The van der Waals surface area contributed by atoms with Crippen LogP contribution in [0.25, 0.3) is 0 Å². The van der Waals surface area contributed by atoms with E-state index in [1.807, 2.05) is 6.07 Å². The van der Waals surface area contributed by atoms with E-state index in [1.165, 1.54) is 4.90 Å². The van der Waals surface area contributed by atoms with Crippen molar-refractivity contribution in [2.45, 2.75) is 26.8 Å². The fourth-order valence-corrected chi connectivity index (χ4v) is 4.12. The summed E-state index contributed by atoms with van der Waals surface area (Å²) in [4.78, 5) is 19.3. The Hall–Kier alpha value is -1.81. The van der Waals surface area contributed by atoms with Crippen molar-refractivity contribution in [2.24, 2.45) is 10.8 Å². The molecule has 6 nitrogen and oxygen atoms in total. The minimum atomic E-state index is -0.866. The highest BCUT2D eigenvalue weighted by Crippen LogP contribution is 2.56. The lowest BCUT2D eigenvalue weighted by Gasteiger charge is -2.60. The molecule has 3 heterocycles. The lowest BCUT2D eigenvalue weighted by molar-refractivity contribution is 0.0309. The van der Waals surface area contributed by atoms with Gasteiger partial charge in [0.25, 0.3) is 0 Å². The van der Waals surface area contributed by atoms with Crippen LogP contribution in [0.1, 0.15) is 26.3 Å². The number of hydrogen-bond acceptors (Lipinski definition) is 4. The number of carboxylic acid groups (broad SMARTS) is 1. The van der Waals surface area contributed by atoms with Gasteiger partial charge in [-0.15, -0.1) is 0 Å². The molecule has 1 amide bonds. The van der Waals surface area contributed by atoms with Gasteiger partial charge in [0, 0.05) is 25.0 Å². The average Bonchev–Trinajstić information content (AvgIpc) is 2.75. The third-order valence-corrected chi connectivity index (χ3v) is 6.01. The second-order valence-corrected chi connectivity index (χ2v) is 8.11. The van der Waals surface area contributed by atoms with E-state index in [4.69, 9.17) is 0 Å². The standard InChI is InChI=1S/C16H19BrN4O2/c1-15(2,3)16-8-20(14(22)23)7-12(16)21(9-16)11-4-10(5-18)13(17)19-6-11/h4,6,12H,7-9H2,1-3H3,(H,22,23)/t12-,16+/m1/s1. The second-order valence-electron chi connectivity index (χ2n) is 7.36. The predicted molar refractivity (Wildman–Crippen MR) is 89.3 cm³/mol. The summed E-state index contributed by atoms with van der Waals surface area (Å²) in [5.41, 5.74) is 1.30. The lowest BCUT2D eigenvalue weighted by Crippen LogP contribution is -2.69. The van der Waals surface area contributed by atoms with E-state index in [2.05, 4.69) is 52.7 Å². The van der Waals surface area contributed by atoms with Gasteiger partial charge in [0.15, 0.2) is 0 Å². The summed E-state index contributed by atoms with van der Waals surface area (Å²) in [6.07, 6.45) is 0.871. The maximum absolute atomic E-state index is 11.4. The van der Waals surface area contributed by atoms with Gasteiger partial charge in [-0.2, -0.15) is 5.26 Å². The second kappa shape index (κ2) is 5.10. The van der Waals surface area contributed by atoms with E-state index in [0.717, 1.165) is 12.2 Å². The maximum atomic E-state index is 11.4. The minimum Gasteiger partial charge on any atom is -0.465 e. The predicted octanol–water partition coefficient (Wildman–Crippen LogP) is 2.93. The first-order valence-electron chi connectivity index (χ1n) is 7.50. The van der Waals surface area contributed by atoms with Gasteiger partial charge in [0.1, 0.15) is 10.7 Å². The molecule has 2 aliphatic heterocycles. The Morgan fingerprint density at radius 1 is 1.52 bits per heavy atom. The van der Waals surface area contributed by atoms with Crippen LogP contribution in [-0.4, -0.2) is 46.8 Å². The monoisotopic (exact) mass is 378 g/mol. The first kappa shape index (κ1) is 16.1. The van der Waals surface area contributed by atoms with Gasteiger partial charge < -0.3 is 14.9 Å². The molecule has 7 heteroatoms. The summed E-state index contributed by atoms with van der Waals surface area (Å²) in [5, 5.41) is 18.6. The molecule has 2 aliphatic rings. The molecular formula is C16H19BrN4O2. The van der Waals surface area contributed by atoms with Gasteiger partial charge in [-0.1, -0.05) is 20.8 Å². The summed E-state index contributed by atoms with van der Waals surface area (Å²) in [6, 6.07) is 4.06. The van der Waals surface area contributed by atoms with Crippen LogP contribution < -0.4 is 4.90 Å². The van der Waals surface area contributed by atoms with Gasteiger partial charge in [0.05, 0.1) is 23.5 Å². The van der Waals surface area contributed by atoms with Crippen LogP contribution in [0.2, 0.25) is 0 Å². The highest BCUT2D eigenvalue weighted by atomic mass is 79.9. The minimum absolute atomic E-state index is 0.000776. The number of carbonyl (C=O) groups is 1. The first-order valence-corrected chi connectivity index (χ1v) is 8.29. The zero-order valence-electron chi connectivity index (χ0n) is 13.4. The van der Waals surface area contributed by atoms with Crippen molar-refractivity contribution < 1.29 is 9.90 Å². The Labute approximate surface area is 143 Å². The van der Waals surface area contributed by atoms with Crippen molar-refractivity contribution in [2.75, 3.05) is 24.5 Å². The quantitative estimate of drug-likeness (QED) is 0.759. The third-order valence-electron chi connectivity index (χ3n) is 5.37. The number of nitriles is 1. The molecule has 23 heavy (non-hydrogen) atoms. The molecule has 122 valence electrons. The summed E-state index contributed by atoms with van der Waals surface area (Å²) < 4.78 is 0.532. The Morgan fingerprint density at radius 2 is 2.22 bits per heavy atom. The highest BCUT2D eigenvalue weighted by Gasteiger charge is 2.64. The van der Waals surface area contributed by atoms with E-state index in [1.54, 1.807) is 6.20 Å². The number of likely N-dealkylation sites (tertiary alicyclic amines) is 1. The van der Waals surface area contributed by atoms with Crippen LogP contribution >= 0.6 is 15.9 Å². The van der Waals surface area contributed by atoms with Gasteiger partial charge in [-0.25, -0.2) is 9.78 Å². The van der Waals surface area contributed by atoms with Crippen molar-refractivity contribution >= 4 is 27.7 Å². The van der Waals surface area contributed by atoms with Crippen LogP contribution in [0.5, 0.6) is 0 Å². The first-order chi connectivity index (χ1) is 10.7. The van der Waals surface area contributed by atoms with E-state index < -0.39 is 6.09 Å². The lowest BCUT2D eigenvalue weighted by atomic mass is 9.58. The largest absolute Gasteiger partial charge is 0.465 e. The average molecular weight is 379 g/mol. The van der Waals surface area contributed by atoms with Gasteiger partial charge in [0.2, 0.25) is 0 Å². The molecule has 2 fully saturated rings. The molecule has 1 aromatic heterocycles. The van der Waals surface area contributed by atoms with Crippen LogP contribution in [0.4, 0.5) is 10.5 Å². The molecule has 1 aromatic rings. The molecule has 3 rings (SSSR count). The summed E-state index contributed by atoms with van der Waals surface area (Å²) >= 11 is 3.27. The van der Waals surface area contributed by atoms with E-state index in [9.17, 15) is 15.2 Å². The number of anilines is 1. The molecule has 0 unspecified atom stereocenters. The number of amides is 1. The van der Waals surface area contributed by atoms with Crippen molar-refractivity contribution in [3.05, 3.63) is 22.4 Å². The maximum Gasteiger partial charge on any atom is 0.407 e. The van der Waals surface area contributed by atoms with Crippen molar-refractivity contribution in [3.63, 3.8) is 0 Å². The number of pyridine rings is 1. The molecule has 0 aliphatic carbocycles. The van der Waals surface area contributed by atoms with Crippen molar-refractivity contribution in [1.82, 2.24) is 9.88 Å². The van der Waals surface area contributed by atoms with Gasteiger partial charge in [-0.05, 0) is 27.4 Å². The summed E-state index contributed by atoms with van der Waals surface area (Å²) in [6.45, 7) is 8.33. The number of nitrogens with zero attached hydrogens (tertiary/aromatic N) is 4. The van der Waals surface area contributed by atoms with E-state index in [0.29, 0.717) is 23.3 Å². The summed E-state index contributed by atoms with van der Waals surface area (Å²) in [7, 11) is 0. The van der Waals surface area contributed by atoms with E-state index >= 15 is 0 Å². The van der Waals surface area contributed by atoms with E-state index in [-0.39, 0.29) is 16.9 Å². The zero-order chi connectivity index (χ0) is 17.0. The topological polar surface area (TPSA) is 80.5 Å². The fraction of sp³-hybridized carbons (Fsp3) is 0.562. The normalized spacial score (nSPS) is 26.5. The smallest absolute Gasteiger partial charge is 0.407 e. The molecule has 0 radical (unpaired) electrons. The molecule has 0 spiro atoms. The van der Waals surface area contributed by atoms with Crippen LogP contribution in [-0.2, 0) is 0 Å². The molecule has 2 saturated heterocycles. The number of aromatic nitrogens is 1. The molecule has 1 N–H and O–H groups in total. The fourth-order valence-electron chi connectivity index (χ4n) is 3.81. The van der Waals surface area contributed by atoms with Crippen LogP contribution in [0, 0.1) is 22.2 Å². The van der Waals surface area contributed by atoms with Gasteiger partial charge in [-0.3, -0.25) is 0 Å². The molecular weight excluding hydrogens is 360 g/mol. The number of rotatable bonds is 1. The number of fused-ring (bicyclic) bond motifs is 1. The van der Waals surface area contributed by atoms with Crippen LogP contribution in [0.3, 0.4) is 0 Å². The molecule has 2 atom stereocenters. The Kier molecular flexibility index (Phi) is 3.56. The molecule has 0 bridgehead atoms. The third kappa shape index (κ3) is 2.27. The molecule has 0 saturated carbocycles. The Balaban J connectivity index is 1.94.